The predicted octanol–water partition coefficient (Wildman–Crippen LogP) is 0.552. The maximum absolute atomic E-state index is 10.9. The van der Waals surface area contributed by atoms with E-state index in [4.69, 9.17) is 16.6 Å². The van der Waals surface area contributed by atoms with Gasteiger partial charge in [0.05, 0.1) is 5.92 Å². The lowest BCUT2D eigenvalue weighted by atomic mass is 9.80. The molecule has 0 heterocycles. The van der Waals surface area contributed by atoms with Crippen LogP contribution in [0.3, 0.4) is 0 Å². The third-order valence-corrected chi connectivity index (χ3v) is 1.93. The van der Waals surface area contributed by atoms with Crippen LogP contribution in [0.15, 0.2) is 0 Å². The number of nitrogens with two attached hydrogens (primary N) is 2. The first-order valence-electron chi connectivity index (χ1n) is 4.34. The SMILES string of the molecule is CC(C)(N)CC(C(=O)O)C(C)(C)N. The van der Waals surface area contributed by atoms with Gasteiger partial charge < -0.3 is 16.6 Å². The quantitative estimate of drug-likeness (QED) is 0.601. The largest absolute Gasteiger partial charge is 0.481 e. The van der Waals surface area contributed by atoms with Crippen LogP contribution < -0.4 is 11.5 Å². The molecule has 0 rings (SSSR count). The topological polar surface area (TPSA) is 89.3 Å². The van der Waals surface area contributed by atoms with Crippen molar-refractivity contribution in [3.05, 3.63) is 0 Å². The number of carbonyl (C=O) groups is 1. The summed E-state index contributed by atoms with van der Waals surface area (Å²) in [6.07, 6.45) is 0.381. The van der Waals surface area contributed by atoms with Crippen molar-refractivity contribution >= 4 is 5.97 Å². The highest BCUT2D eigenvalue weighted by Gasteiger charge is 2.35. The molecular formula is C9H20N2O2. The van der Waals surface area contributed by atoms with E-state index in [0.29, 0.717) is 6.42 Å². The average Bonchev–Trinajstić information content (AvgIpc) is 1.77. The fourth-order valence-corrected chi connectivity index (χ4v) is 1.19. The molecule has 0 radical (unpaired) electrons. The first-order chi connectivity index (χ1) is 5.54. The summed E-state index contributed by atoms with van der Waals surface area (Å²) in [5, 5.41) is 8.94. The Morgan fingerprint density at radius 1 is 1.31 bits per heavy atom. The third-order valence-electron chi connectivity index (χ3n) is 1.93. The molecule has 0 saturated carbocycles. The average molecular weight is 188 g/mol. The van der Waals surface area contributed by atoms with Gasteiger partial charge in [0.2, 0.25) is 0 Å². The van der Waals surface area contributed by atoms with E-state index in [9.17, 15) is 4.79 Å². The van der Waals surface area contributed by atoms with Crippen molar-refractivity contribution < 1.29 is 9.90 Å². The molecule has 0 spiro atoms. The van der Waals surface area contributed by atoms with E-state index in [0.717, 1.165) is 0 Å². The van der Waals surface area contributed by atoms with E-state index in [1.54, 1.807) is 27.7 Å². The standard InChI is InChI=1S/C9H20N2O2/c1-8(2,10)5-6(7(12)13)9(3,4)11/h6H,5,10-11H2,1-4H3,(H,12,13). The second-order valence-corrected chi connectivity index (χ2v) is 4.90. The highest BCUT2D eigenvalue weighted by Crippen LogP contribution is 2.23. The van der Waals surface area contributed by atoms with E-state index >= 15 is 0 Å². The summed E-state index contributed by atoms with van der Waals surface area (Å²) in [6.45, 7) is 7.01. The molecule has 0 saturated heterocycles. The van der Waals surface area contributed by atoms with Crippen LogP contribution in [0.2, 0.25) is 0 Å². The van der Waals surface area contributed by atoms with Gasteiger partial charge in [-0.05, 0) is 34.1 Å². The van der Waals surface area contributed by atoms with Gasteiger partial charge in [0.25, 0.3) is 0 Å². The number of rotatable bonds is 4. The van der Waals surface area contributed by atoms with Crippen molar-refractivity contribution in [2.24, 2.45) is 17.4 Å². The lowest BCUT2D eigenvalue weighted by molar-refractivity contribution is -0.144. The molecular weight excluding hydrogens is 168 g/mol. The molecule has 0 aliphatic rings. The minimum absolute atomic E-state index is 0.381. The fourth-order valence-electron chi connectivity index (χ4n) is 1.19. The number of aliphatic carboxylic acids is 1. The highest BCUT2D eigenvalue weighted by molar-refractivity contribution is 5.71. The zero-order valence-corrected chi connectivity index (χ0v) is 8.79. The first-order valence-corrected chi connectivity index (χ1v) is 4.34. The molecule has 0 aromatic rings. The van der Waals surface area contributed by atoms with Crippen molar-refractivity contribution in [2.75, 3.05) is 0 Å². The van der Waals surface area contributed by atoms with Crippen LogP contribution in [-0.4, -0.2) is 22.2 Å². The Morgan fingerprint density at radius 3 is 1.77 bits per heavy atom. The van der Waals surface area contributed by atoms with Gasteiger partial charge in [-0.3, -0.25) is 4.79 Å². The smallest absolute Gasteiger partial charge is 0.308 e. The van der Waals surface area contributed by atoms with E-state index in [2.05, 4.69) is 0 Å². The first kappa shape index (κ1) is 12.4. The molecule has 0 aliphatic carbocycles. The number of carboxylic acids is 1. The zero-order chi connectivity index (χ0) is 10.9. The summed E-state index contributed by atoms with van der Waals surface area (Å²) in [4.78, 5) is 10.9. The van der Waals surface area contributed by atoms with Gasteiger partial charge in [0.1, 0.15) is 0 Å². The summed E-state index contributed by atoms with van der Waals surface area (Å²) < 4.78 is 0. The van der Waals surface area contributed by atoms with Crippen molar-refractivity contribution in [3.8, 4) is 0 Å². The van der Waals surface area contributed by atoms with E-state index in [1.165, 1.54) is 0 Å². The molecule has 78 valence electrons. The van der Waals surface area contributed by atoms with Crippen LogP contribution in [0.25, 0.3) is 0 Å². The van der Waals surface area contributed by atoms with Crippen molar-refractivity contribution in [1.29, 1.82) is 0 Å². The van der Waals surface area contributed by atoms with E-state index in [-0.39, 0.29) is 0 Å². The highest BCUT2D eigenvalue weighted by atomic mass is 16.4. The Bertz CT molecular complexity index is 189. The van der Waals surface area contributed by atoms with E-state index in [1.807, 2.05) is 0 Å². The van der Waals surface area contributed by atoms with E-state index < -0.39 is 23.0 Å². The van der Waals surface area contributed by atoms with Gasteiger partial charge in [-0.1, -0.05) is 0 Å². The van der Waals surface area contributed by atoms with Crippen molar-refractivity contribution in [1.82, 2.24) is 0 Å². The Labute approximate surface area is 79.3 Å². The monoisotopic (exact) mass is 188 g/mol. The molecule has 0 aliphatic heterocycles. The molecule has 0 bridgehead atoms. The minimum Gasteiger partial charge on any atom is -0.481 e. The van der Waals surface area contributed by atoms with Crippen LogP contribution in [-0.2, 0) is 4.79 Å². The van der Waals surface area contributed by atoms with Crippen molar-refractivity contribution in [3.63, 3.8) is 0 Å². The molecule has 5 N–H and O–H groups in total. The lowest BCUT2D eigenvalue weighted by Gasteiger charge is -2.32. The van der Waals surface area contributed by atoms with Gasteiger partial charge in [-0.25, -0.2) is 0 Å². The molecule has 1 atom stereocenters. The third kappa shape index (κ3) is 4.85. The van der Waals surface area contributed by atoms with Crippen LogP contribution in [0, 0.1) is 5.92 Å². The van der Waals surface area contributed by atoms with Gasteiger partial charge in [0, 0.05) is 11.1 Å². The Kier molecular flexibility index (Phi) is 3.47. The number of carboxylic acid groups (broad SMARTS) is 1. The van der Waals surface area contributed by atoms with Crippen LogP contribution in [0.4, 0.5) is 0 Å². The summed E-state index contributed by atoms with van der Waals surface area (Å²) in [5.74, 6) is -1.49. The van der Waals surface area contributed by atoms with Gasteiger partial charge in [-0.2, -0.15) is 0 Å². The maximum atomic E-state index is 10.9. The summed E-state index contributed by atoms with van der Waals surface area (Å²) >= 11 is 0. The van der Waals surface area contributed by atoms with Gasteiger partial charge >= 0.3 is 5.97 Å². The van der Waals surface area contributed by atoms with Crippen molar-refractivity contribution in [2.45, 2.75) is 45.2 Å². The molecule has 0 aromatic carbocycles. The molecule has 13 heavy (non-hydrogen) atoms. The minimum atomic E-state index is -0.883. The second kappa shape index (κ2) is 3.64. The summed E-state index contributed by atoms with van der Waals surface area (Å²) in [5.41, 5.74) is 10.3. The molecule has 4 heteroatoms. The molecule has 0 fully saturated rings. The summed E-state index contributed by atoms with van der Waals surface area (Å²) in [7, 11) is 0. The maximum Gasteiger partial charge on any atom is 0.308 e. The zero-order valence-electron chi connectivity index (χ0n) is 8.79. The fraction of sp³-hybridized carbons (Fsp3) is 0.889. The predicted molar refractivity (Wildman–Crippen MR) is 52.3 cm³/mol. The van der Waals surface area contributed by atoms with Crippen LogP contribution in [0.5, 0.6) is 0 Å². The number of hydrogen-bond donors (Lipinski definition) is 3. The van der Waals surface area contributed by atoms with Crippen LogP contribution in [0.1, 0.15) is 34.1 Å². The molecule has 0 amide bonds. The van der Waals surface area contributed by atoms with Gasteiger partial charge in [-0.15, -0.1) is 0 Å². The lowest BCUT2D eigenvalue weighted by Crippen LogP contribution is -2.49. The Hall–Kier alpha value is -0.610. The van der Waals surface area contributed by atoms with Crippen LogP contribution >= 0.6 is 0 Å². The molecule has 4 nitrogen and oxygen atoms in total. The number of hydrogen-bond acceptors (Lipinski definition) is 3. The second-order valence-electron chi connectivity index (χ2n) is 4.90. The Balaban J connectivity index is 4.56. The molecule has 1 unspecified atom stereocenters. The normalized spacial score (nSPS) is 15.5. The molecule has 0 aromatic heterocycles. The van der Waals surface area contributed by atoms with Gasteiger partial charge in [0.15, 0.2) is 0 Å². The summed E-state index contributed by atoms with van der Waals surface area (Å²) in [6, 6.07) is 0. The Morgan fingerprint density at radius 2 is 1.69 bits per heavy atom.